The Hall–Kier alpha value is -2.02. The minimum absolute atomic E-state index is 0.311. The number of nitrogens with one attached hydrogen (secondary N) is 2. The SMILES string of the molecule is CCn1cc(NS(=O)(=O)c2c(C)cc(NC)cc2C)cn1. The van der Waals surface area contributed by atoms with Gasteiger partial charge in [-0.25, -0.2) is 8.42 Å². The highest BCUT2D eigenvalue weighted by Crippen LogP contribution is 2.26. The third kappa shape index (κ3) is 3.18. The van der Waals surface area contributed by atoms with E-state index in [0.29, 0.717) is 28.3 Å². The van der Waals surface area contributed by atoms with Crippen molar-refractivity contribution in [3.8, 4) is 0 Å². The summed E-state index contributed by atoms with van der Waals surface area (Å²) in [5, 5.41) is 7.08. The zero-order chi connectivity index (χ0) is 15.6. The molecular formula is C14H20N4O2S. The first kappa shape index (κ1) is 15.4. The fraction of sp³-hybridized carbons (Fsp3) is 0.357. The average Bonchev–Trinajstić information content (AvgIpc) is 2.84. The Morgan fingerprint density at radius 1 is 1.19 bits per heavy atom. The summed E-state index contributed by atoms with van der Waals surface area (Å²) in [5.74, 6) is 0. The summed E-state index contributed by atoms with van der Waals surface area (Å²) >= 11 is 0. The zero-order valence-electron chi connectivity index (χ0n) is 12.6. The van der Waals surface area contributed by atoms with Crippen LogP contribution in [0.25, 0.3) is 0 Å². The Morgan fingerprint density at radius 2 is 1.81 bits per heavy atom. The molecule has 2 rings (SSSR count). The van der Waals surface area contributed by atoms with E-state index in [1.54, 1.807) is 31.8 Å². The van der Waals surface area contributed by atoms with E-state index in [1.807, 2.05) is 19.1 Å². The first-order chi connectivity index (χ1) is 9.87. The van der Waals surface area contributed by atoms with Gasteiger partial charge in [0, 0.05) is 25.5 Å². The number of nitrogens with zero attached hydrogens (tertiary/aromatic N) is 2. The highest BCUT2D eigenvalue weighted by atomic mass is 32.2. The second-order valence-corrected chi connectivity index (χ2v) is 6.50. The highest BCUT2D eigenvalue weighted by Gasteiger charge is 2.20. The van der Waals surface area contributed by atoms with Crippen molar-refractivity contribution in [3.63, 3.8) is 0 Å². The minimum Gasteiger partial charge on any atom is -0.388 e. The van der Waals surface area contributed by atoms with Crippen molar-refractivity contribution >= 4 is 21.4 Å². The van der Waals surface area contributed by atoms with Crippen LogP contribution in [0, 0.1) is 13.8 Å². The van der Waals surface area contributed by atoms with E-state index in [2.05, 4.69) is 15.1 Å². The molecule has 0 aliphatic rings. The number of rotatable bonds is 5. The molecule has 0 saturated heterocycles. The van der Waals surface area contributed by atoms with Gasteiger partial charge >= 0.3 is 0 Å². The number of benzene rings is 1. The van der Waals surface area contributed by atoms with Gasteiger partial charge in [-0.1, -0.05) is 0 Å². The Labute approximate surface area is 125 Å². The van der Waals surface area contributed by atoms with E-state index >= 15 is 0 Å². The lowest BCUT2D eigenvalue weighted by molar-refractivity contribution is 0.600. The van der Waals surface area contributed by atoms with Gasteiger partial charge in [0.15, 0.2) is 0 Å². The van der Waals surface area contributed by atoms with E-state index in [1.165, 1.54) is 6.20 Å². The van der Waals surface area contributed by atoms with Crippen molar-refractivity contribution in [3.05, 3.63) is 35.7 Å². The summed E-state index contributed by atoms with van der Waals surface area (Å²) in [6, 6.07) is 3.63. The molecule has 2 aromatic rings. The van der Waals surface area contributed by atoms with Crippen molar-refractivity contribution in [1.82, 2.24) is 9.78 Å². The lowest BCUT2D eigenvalue weighted by Gasteiger charge is -2.13. The second-order valence-electron chi connectivity index (χ2n) is 4.88. The number of aromatic nitrogens is 2. The molecule has 2 N–H and O–H groups in total. The van der Waals surface area contributed by atoms with E-state index in [0.717, 1.165) is 5.69 Å². The van der Waals surface area contributed by atoms with Crippen LogP contribution in [0.1, 0.15) is 18.1 Å². The summed E-state index contributed by atoms with van der Waals surface area (Å²) < 4.78 is 29.4. The third-order valence-electron chi connectivity index (χ3n) is 3.23. The number of sulfonamides is 1. The maximum Gasteiger partial charge on any atom is 0.262 e. The quantitative estimate of drug-likeness (QED) is 0.889. The molecule has 6 nitrogen and oxygen atoms in total. The van der Waals surface area contributed by atoms with E-state index in [9.17, 15) is 8.42 Å². The fourth-order valence-corrected chi connectivity index (χ4v) is 3.80. The zero-order valence-corrected chi connectivity index (χ0v) is 13.5. The van der Waals surface area contributed by atoms with Crippen molar-refractivity contribution in [1.29, 1.82) is 0 Å². The van der Waals surface area contributed by atoms with Gasteiger partial charge in [0.25, 0.3) is 10.0 Å². The normalized spacial score (nSPS) is 11.4. The molecule has 0 unspecified atom stereocenters. The summed E-state index contributed by atoms with van der Waals surface area (Å²) in [7, 11) is -1.82. The van der Waals surface area contributed by atoms with Gasteiger partial charge in [0.2, 0.25) is 0 Å². The lowest BCUT2D eigenvalue weighted by atomic mass is 10.1. The minimum atomic E-state index is -3.63. The van der Waals surface area contributed by atoms with Gasteiger partial charge in [0.1, 0.15) is 0 Å². The van der Waals surface area contributed by atoms with Crippen LogP contribution in [0.3, 0.4) is 0 Å². The summed E-state index contributed by atoms with van der Waals surface area (Å²) in [6.07, 6.45) is 3.18. The topological polar surface area (TPSA) is 76.0 Å². The van der Waals surface area contributed by atoms with Crippen LogP contribution >= 0.6 is 0 Å². The molecule has 21 heavy (non-hydrogen) atoms. The third-order valence-corrected chi connectivity index (χ3v) is 4.91. The Balaban J connectivity index is 2.40. The Morgan fingerprint density at radius 3 is 2.29 bits per heavy atom. The first-order valence-corrected chi connectivity index (χ1v) is 8.20. The van der Waals surface area contributed by atoms with Crippen LogP contribution < -0.4 is 10.0 Å². The predicted octanol–water partition coefficient (Wildman–Crippen LogP) is 2.36. The molecular weight excluding hydrogens is 288 g/mol. The molecule has 0 saturated carbocycles. The molecule has 0 atom stereocenters. The van der Waals surface area contributed by atoms with Crippen LogP contribution in [0.15, 0.2) is 29.4 Å². The fourth-order valence-electron chi connectivity index (χ4n) is 2.31. The van der Waals surface area contributed by atoms with Crippen molar-refractivity contribution in [2.75, 3.05) is 17.1 Å². The number of hydrogen-bond donors (Lipinski definition) is 2. The molecule has 1 heterocycles. The molecule has 0 spiro atoms. The Bertz CT molecular complexity index is 727. The highest BCUT2D eigenvalue weighted by molar-refractivity contribution is 7.92. The molecule has 114 valence electrons. The molecule has 0 radical (unpaired) electrons. The predicted molar refractivity (Wildman–Crippen MR) is 84.2 cm³/mol. The van der Waals surface area contributed by atoms with Gasteiger partial charge in [-0.05, 0) is 44.0 Å². The van der Waals surface area contributed by atoms with Crippen LogP contribution in [-0.2, 0) is 16.6 Å². The summed E-state index contributed by atoms with van der Waals surface area (Å²) in [5.41, 5.74) is 2.76. The standard InChI is InChI=1S/C14H20N4O2S/c1-5-18-9-13(8-16-18)17-21(19,20)14-10(2)6-12(15-4)7-11(14)3/h6-9,15,17H,5H2,1-4H3. The maximum absolute atomic E-state index is 12.6. The van der Waals surface area contributed by atoms with Gasteiger partial charge in [-0.2, -0.15) is 5.10 Å². The number of aryl methyl sites for hydroxylation is 3. The number of hydrogen-bond acceptors (Lipinski definition) is 4. The second kappa shape index (κ2) is 5.77. The maximum atomic E-state index is 12.6. The van der Waals surface area contributed by atoms with E-state index < -0.39 is 10.0 Å². The largest absolute Gasteiger partial charge is 0.388 e. The molecule has 1 aromatic carbocycles. The van der Waals surface area contributed by atoms with Crippen molar-refractivity contribution in [2.24, 2.45) is 0 Å². The van der Waals surface area contributed by atoms with Gasteiger partial charge in [-0.3, -0.25) is 9.40 Å². The average molecular weight is 308 g/mol. The van der Waals surface area contributed by atoms with Gasteiger partial charge in [-0.15, -0.1) is 0 Å². The Kier molecular flexibility index (Phi) is 4.22. The van der Waals surface area contributed by atoms with E-state index in [-0.39, 0.29) is 0 Å². The van der Waals surface area contributed by atoms with Gasteiger partial charge < -0.3 is 5.32 Å². The van der Waals surface area contributed by atoms with Crippen LogP contribution in [0.4, 0.5) is 11.4 Å². The van der Waals surface area contributed by atoms with Crippen LogP contribution in [-0.4, -0.2) is 25.2 Å². The number of anilines is 2. The van der Waals surface area contributed by atoms with Crippen LogP contribution in [0.2, 0.25) is 0 Å². The lowest BCUT2D eigenvalue weighted by Crippen LogP contribution is -2.15. The smallest absolute Gasteiger partial charge is 0.262 e. The van der Waals surface area contributed by atoms with Crippen molar-refractivity contribution in [2.45, 2.75) is 32.2 Å². The van der Waals surface area contributed by atoms with Crippen LogP contribution in [0.5, 0.6) is 0 Å². The molecule has 0 aliphatic heterocycles. The molecule has 1 aromatic heterocycles. The van der Waals surface area contributed by atoms with E-state index in [4.69, 9.17) is 0 Å². The molecule has 0 bridgehead atoms. The van der Waals surface area contributed by atoms with Crippen molar-refractivity contribution < 1.29 is 8.42 Å². The van der Waals surface area contributed by atoms with Gasteiger partial charge in [0.05, 0.1) is 16.8 Å². The molecule has 7 heteroatoms. The summed E-state index contributed by atoms with van der Waals surface area (Å²) in [6.45, 7) is 6.21. The molecule has 0 fully saturated rings. The molecule has 0 aliphatic carbocycles. The molecule has 0 amide bonds. The first-order valence-electron chi connectivity index (χ1n) is 6.71. The monoisotopic (exact) mass is 308 g/mol. The summed E-state index contributed by atoms with van der Waals surface area (Å²) in [4.78, 5) is 0.311.